The number of guanidine groups is 1. The molecular formula is C19H23F2N3O2. The Morgan fingerprint density at radius 3 is 2.88 bits per heavy atom. The maximum atomic E-state index is 12.6. The lowest BCUT2D eigenvalue weighted by Crippen LogP contribution is -2.38. The van der Waals surface area contributed by atoms with Gasteiger partial charge in [0.1, 0.15) is 11.5 Å². The van der Waals surface area contributed by atoms with Crippen molar-refractivity contribution in [3.05, 3.63) is 66.1 Å². The summed E-state index contributed by atoms with van der Waals surface area (Å²) in [5, 5.41) is 6.28. The lowest BCUT2D eigenvalue weighted by molar-refractivity contribution is -0.0504. The van der Waals surface area contributed by atoms with Crippen molar-refractivity contribution in [2.24, 2.45) is 4.99 Å². The van der Waals surface area contributed by atoms with Gasteiger partial charge in [0.15, 0.2) is 5.96 Å². The van der Waals surface area contributed by atoms with Gasteiger partial charge >= 0.3 is 6.61 Å². The van der Waals surface area contributed by atoms with Gasteiger partial charge in [-0.1, -0.05) is 23.8 Å². The van der Waals surface area contributed by atoms with Crippen LogP contribution in [-0.4, -0.2) is 25.7 Å². The highest BCUT2D eigenvalue weighted by atomic mass is 19.3. The minimum Gasteiger partial charge on any atom is -0.469 e. The monoisotopic (exact) mass is 363 g/mol. The highest BCUT2D eigenvalue weighted by Gasteiger charge is 2.10. The van der Waals surface area contributed by atoms with E-state index >= 15 is 0 Å². The van der Waals surface area contributed by atoms with Crippen LogP contribution in [0.25, 0.3) is 0 Å². The molecule has 0 saturated heterocycles. The molecule has 0 atom stereocenters. The van der Waals surface area contributed by atoms with E-state index in [1.807, 2.05) is 19.1 Å². The van der Waals surface area contributed by atoms with Crippen molar-refractivity contribution in [3.63, 3.8) is 0 Å². The van der Waals surface area contributed by atoms with Gasteiger partial charge in [0.25, 0.3) is 0 Å². The molecule has 1 aromatic carbocycles. The molecule has 0 amide bonds. The van der Waals surface area contributed by atoms with E-state index in [4.69, 9.17) is 4.42 Å². The smallest absolute Gasteiger partial charge is 0.387 e. The van der Waals surface area contributed by atoms with E-state index in [9.17, 15) is 8.78 Å². The molecule has 0 radical (unpaired) electrons. The second-order valence-electron chi connectivity index (χ2n) is 5.58. The van der Waals surface area contributed by atoms with Crippen LogP contribution in [0.5, 0.6) is 5.75 Å². The van der Waals surface area contributed by atoms with E-state index in [1.54, 1.807) is 24.5 Å². The summed E-state index contributed by atoms with van der Waals surface area (Å²) in [6.07, 6.45) is 4.04. The van der Waals surface area contributed by atoms with E-state index in [2.05, 4.69) is 26.9 Å². The van der Waals surface area contributed by atoms with Crippen LogP contribution in [0.2, 0.25) is 0 Å². The average molecular weight is 363 g/mol. The van der Waals surface area contributed by atoms with Crippen LogP contribution in [0.3, 0.4) is 0 Å². The lowest BCUT2D eigenvalue weighted by Gasteiger charge is -2.13. The predicted octanol–water partition coefficient (Wildman–Crippen LogP) is 3.65. The van der Waals surface area contributed by atoms with Gasteiger partial charge in [-0.05, 0) is 25.1 Å². The molecule has 1 aromatic heterocycles. The molecule has 2 rings (SSSR count). The topological polar surface area (TPSA) is 58.8 Å². The largest absolute Gasteiger partial charge is 0.469 e. The Bertz CT molecular complexity index is 716. The van der Waals surface area contributed by atoms with Gasteiger partial charge in [0.2, 0.25) is 0 Å². The molecule has 140 valence electrons. The number of furan rings is 1. The molecule has 0 unspecified atom stereocenters. The zero-order chi connectivity index (χ0) is 18.8. The van der Waals surface area contributed by atoms with Crippen molar-refractivity contribution < 1.29 is 17.9 Å². The fourth-order valence-electron chi connectivity index (χ4n) is 2.31. The molecule has 0 aliphatic carbocycles. The number of ether oxygens (including phenoxy) is 1. The van der Waals surface area contributed by atoms with E-state index in [0.717, 1.165) is 11.3 Å². The van der Waals surface area contributed by atoms with Crippen LogP contribution < -0.4 is 15.4 Å². The third-order valence-corrected chi connectivity index (χ3v) is 3.50. The molecule has 0 aliphatic rings. The Labute approximate surface area is 151 Å². The highest BCUT2D eigenvalue weighted by molar-refractivity contribution is 5.80. The normalized spacial score (nSPS) is 11.5. The van der Waals surface area contributed by atoms with Crippen molar-refractivity contribution in [2.45, 2.75) is 26.5 Å². The van der Waals surface area contributed by atoms with Crippen LogP contribution in [0.1, 0.15) is 16.9 Å². The molecule has 2 N–H and O–H groups in total. The molecule has 1 heterocycles. The minimum atomic E-state index is -2.87. The van der Waals surface area contributed by atoms with Gasteiger partial charge in [-0.25, -0.2) is 4.99 Å². The standard InChI is InChI=1S/C19H23F2N3O2/c1-3-9-22-19(23-10-8-16-5-4-11-25-16)24-13-15-12-14(2)6-7-17(15)26-18(20)21/h3-7,11-12,18H,1,8-10,13H2,2H3,(H2,22,23,24). The number of hydrogen-bond acceptors (Lipinski definition) is 3. The van der Waals surface area contributed by atoms with Crippen molar-refractivity contribution >= 4 is 5.96 Å². The van der Waals surface area contributed by atoms with Crippen LogP contribution >= 0.6 is 0 Å². The van der Waals surface area contributed by atoms with Gasteiger partial charge < -0.3 is 19.8 Å². The van der Waals surface area contributed by atoms with Gasteiger partial charge in [0.05, 0.1) is 12.8 Å². The summed E-state index contributed by atoms with van der Waals surface area (Å²) in [6.45, 7) is 4.03. The van der Waals surface area contributed by atoms with Crippen LogP contribution in [0, 0.1) is 6.92 Å². The molecule has 0 aliphatic heterocycles. The Balaban J connectivity index is 2.03. The Morgan fingerprint density at radius 2 is 2.19 bits per heavy atom. The fraction of sp³-hybridized carbons (Fsp3) is 0.316. The minimum absolute atomic E-state index is 0.132. The van der Waals surface area contributed by atoms with E-state index in [1.165, 1.54) is 6.07 Å². The second-order valence-corrected chi connectivity index (χ2v) is 5.58. The third kappa shape index (κ3) is 6.58. The first-order valence-electron chi connectivity index (χ1n) is 8.28. The number of hydrogen-bond donors (Lipinski definition) is 2. The molecule has 26 heavy (non-hydrogen) atoms. The lowest BCUT2D eigenvalue weighted by atomic mass is 10.1. The summed E-state index contributed by atoms with van der Waals surface area (Å²) in [6, 6.07) is 8.78. The molecule has 2 aromatic rings. The Kier molecular flexibility index (Phi) is 7.67. The van der Waals surface area contributed by atoms with E-state index < -0.39 is 6.61 Å². The summed E-state index contributed by atoms with van der Waals surface area (Å²) in [5.74, 6) is 1.56. The number of rotatable bonds is 9. The predicted molar refractivity (Wildman–Crippen MR) is 97.6 cm³/mol. The maximum absolute atomic E-state index is 12.6. The molecule has 0 spiro atoms. The number of aryl methyl sites for hydroxylation is 1. The fourth-order valence-corrected chi connectivity index (χ4v) is 2.31. The van der Waals surface area contributed by atoms with E-state index in [0.29, 0.717) is 31.0 Å². The summed E-state index contributed by atoms with van der Waals surface area (Å²) in [7, 11) is 0. The first kappa shape index (κ1) is 19.5. The van der Waals surface area contributed by atoms with Crippen molar-refractivity contribution in [3.8, 4) is 5.75 Å². The summed E-state index contributed by atoms with van der Waals surface area (Å²) in [5.41, 5.74) is 1.54. The first-order chi connectivity index (χ1) is 12.6. The number of aliphatic imine (C=N–C) groups is 1. The molecule has 0 fully saturated rings. The van der Waals surface area contributed by atoms with Crippen LogP contribution in [0.15, 0.2) is 58.7 Å². The second kappa shape index (κ2) is 10.2. The maximum Gasteiger partial charge on any atom is 0.387 e. The Morgan fingerprint density at radius 1 is 1.35 bits per heavy atom. The summed E-state index contributed by atoms with van der Waals surface area (Å²) >= 11 is 0. The zero-order valence-electron chi connectivity index (χ0n) is 14.7. The SMILES string of the molecule is C=CCNC(=NCc1cc(C)ccc1OC(F)F)NCCc1ccco1. The molecule has 0 saturated carbocycles. The average Bonchev–Trinajstić information content (AvgIpc) is 3.12. The van der Waals surface area contributed by atoms with E-state index in [-0.39, 0.29) is 12.3 Å². The van der Waals surface area contributed by atoms with Gasteiger partial charge in [-0.2, -0.15) is 8.78 Å². The molecular weight excluding hydrogens is 340 g/mol. The summed E-state index contributed by atoms with van der Waals surface area (Å²) < 4.78 is 35.0. The number of benzene rings is 1. The first-order valence-corrected chi connectivity index (χ1v) is 8.28. The van der Waals surface area contributed by atoms with Crippen molar-refractivity contribution in [2.75, 3.05) is 13.1 Å². The van der Waals surface area contributed by atoms with Crippen LogP contribution in [-0.2, 0) is 13.0 Å². The zero-order valence-corrected chi connectivity index (χ0v) is 14.7. The summed E-state index contributed by atoms with van der Waals surface area (Å²) in [4.78, 5) is 4.45. The van der Waals surface area contributed by atoms with Crippen molar-refractivity contribution in [1.82, 2.24) is 10.6 Å². The van der Waals surface area contributed by atoms with Crippen molar-refractivity contribution in [1.29, 1.82) is 0 Å². The van der Waals surface area contributed by atoms with Crippen LogP contribution in [0.4, 0.5) is 8.78 Å². The van der Waals surface area contributed by atoms with Gasteiger partial charge in [0, 0.05) is 25.1 Å². The highest BCUT2D eigenvalue weighted by Crippen LogP contribution is 2.22. The Hall–Kier alpha value is -2.83. The third-order valence-electron chi connectivity index (χ3n) is 3.50. The van der Waals surface area contributed by atoms with Gasteiger partial charge in [-0.15, -0.1) is 6.58 Å². The number of alkyl halides is 2. The quantitative estimate of drug-likeness (QED) is 0.406. The molecule has 5 nitrogen and oxygen atoms in total. The number of nitrogens with one attached hydrogen (secondary N) is 2. The molecule has 7 heteroatoms. The number of nitrogens with zero attached hydrogens (tertiary/aromatic N) is 1. The molecule has 0 bridgehead atoms. The van der Waals surface area contributed by atoms with Gasteiger partial charge in [-0.3, -0.25) is 0 Å². The number of halogens is 2.